The average molecular weight is 472 g/mol. The van der Waals surface area contributed by atoms with Gasteiger partial charge in [0.05, 0.1) is 30.0 Å². The number of carbonyl (C=O) groups is 1. The molecule has 2 fully saturated rings. The van der Waals surface area contributed by atoms with Crippen LogP contribution in [0.3, 0.4) is 0 Å². The van der Waals surface area contributed by atoms with Crippen LogP contribution in [0, 0.1) is 11.8 Å². The largest absolute Gasteiger partial charge is 0.319 e. The van der Waals surface area contributed by atoms with E-state index in [1.54, 1.807) is 6.20 Å². The smallest absolute Gasteiger partial charge is 0.257 e. The first kappa shape index (κ1) is 23.8. The SMILES string of the molecule is CN(CC1CCCCN1CC#CCN1c2ccccc2C(=O)Nc2cccnc21)C1CCCCC1. The lowest BCUT2D eigenvalue weighted by atomic mass is 9.93. The number of piperidine rings is 1. The number of anilines is 3. The highest BCUT2D eigenvalue weighted by molar-refractivity contribution is 6.12. The van der Waals surface area contributed by atoms with Crippen LogP contribution in [0.1, 0.15) is 61.7 Å². The number of likely N-dealkylation sites (N-methyl/N-ethyl adjacent to an activating group) is 1. The van der Waals surface area contributed by atoms with Gasteiger partial charge in [0.15, 0.2) is 5.82 Å². The Hall–Kier alpha value is -2.88. The summed E-state index contributed by atoms with van der Waals surface area (Å²) in [5.41, 5.74) is 2.22. The number of hydrogen-bond acceptors (Lipinski definition) is 5. The number of aromatic nitrogens is 1. The molecular weight excluding hydrogens is 434 g/mol. The minimum atomic E-state index is -0.108. The number of fused-ring (bicyclic) bond motifs is 2. The molecule has 35 heavy (non-hydrogen) atoms. The summed E-state index contributed by atoms with van der Waals surface area (Å²) in [6, 6.07) is 12.8. The lowest BCUT2D eigenvalue weighted by Gasteiger charge is -2.40. The van der Waals surface area contributed by atoms with Crippen molar-refractivity contribution in [3.05, 3.63) is 48.2 Å². The average Bonchev–Trinajstić information content (AvgIpc) is 3.02. The van der Waals surface area contributed by atoms with Gasteiger partial charge in [0.2, 0.25) is 0 Å². The topological polar surface area (TPSA) is 51.7 Å². The first-order chi connectivity index (χ1) is 17.2. The molecule has 1 aromatic carbocycles. The number of hydrogen-bond donors (Lipinski definition) is 1. The van der Waals surface area contributed by atoms with Crippen molar-refractivity contribution in [1.29, 1.82) is 0 Å². The van der Waals surface area contributed by atoms with E-state index in [0.717, 1.165) is 42.9 Å². The van der Waals surface area contributed by atoms with Gasteiger partial charge >= 0.3 is 0 Å². The highest BCUT2D eigenvalue weighted by Gasteiger charge is 2.27. The number of rotatable bonds is 5. The summed E-state index contributed by atoms with van der Waals surface area (Å²) >= 11 is 0. The van der Waals surface area contributed by atoms with E-state index in [-0.39, 0.29) is 5.91 Å². The minimum Gasteiger partial charge on any atom is -0.319 e. The molecule has 3 aliphatic rings. The first-order valence-corrected chi connectivity index (χ1v) is 13.2. The molecule has 184 valence electrons. The van der Waals surface area contributed by atoms with Gasteiger partial charge in [-0.3, -0.25) is 9.69 Å². The van der Waals surface area contributed by atoms with Crippen molar-refractivity contribution in [2.75, 3.05) is 43.4 Å². The van der Waals surface area contributed by atoms with Gasteiger partial charge in [0, 0.05) is 24.8 Å². The molecule has 2 aliphatic heterocycles. The van der Waals surface area contributed by atoms with Gasteiger partial charge in [-0.15, -0.1) is 0 Å². The minimum absolute atomic E-state index is 0.108. The quantitative estimate of drug-likeness (QED) is 0.628. The van der Waals surface area contributed by atoms with Crippen LogP contribution in [0.4, 0.5) is 17.2 Å². The summed E-state index contributed by atoms with van der Waals surface area (Å²) in [5, 5.41) is 3.00. The maximum Gasteiger partial charge on any atom is 0.257 e. The number of likely N-dealkylation sites (tertiary alicyclic amines) is 1. The summed E-state index contributed by atoms with van der Waals surface area (Å²) in [6.07, 6.45) is 12.5. The van der Waals surface area contributed by atoms with Crippen molar-refractivity contribution >= 4 is 23.1 Å². The second-order valence-electron chi connectivity index (χ2n) is 10.1. The number of nitrogens with zero attached hydrogens (tertiary/aromatic N) is 4. The fourth-order valence-corrected chi connectivity index (χ4v) is 5.85. The molecule has 6 heteroatoms. The van der Waals surface area contributed by atoms with E-state index in [1.807, 2.05) is 36.4 Å². The Bertz CT molecular complexity index is 1080. The van der Waals surface area contributed by atoms with Crippen molar-refractivity contribution in [2.24, 2.45) is 0 Å². The van der Waals surface area contributed by atoms with Crippen molar-refractivity contribution in [3.8, 4) is 11.8 Å². The summed E-state index contributed by atoms with van der Waals surface area (Å²) in [7, 11) is 2.32. The molecule has 2 aromatic rings. The number of para-hydroxylation sites is 1. The Balaban J connectivity index is 1.27. The van der Waals surface area contributed by atoms with Crippen LogP contribution < -0.4 is 10.2 Å². The molecule has 0 radical (unpaired) electrons. The fourth-order valence-electron chi connectivity index (χ4n) is 5.85. The molecule has 1 N–H and O–H groups in total. The molecule has 1 saturated heterocycles. The predicted molar refractivity (Wildman–Crippen MR) is 142 cm³/mol. The highest BCUT2D eigenvalue weighted by Crippen LogP contribution is 2.35. The molecule has 1 atom stereocenters. The third-order valence-corrected chi connectivity index (χ3v) is 7.82. The molecular formula is C29H37N5O. The molecule has 0 spiro atoms. The van der Waals surface area contributed by atoms with E-state index in [4.69, 9.17) is 0 Å². The van der Waals surface area contributed by atoms with E-state index >= 15 is 0 Å². The zero-order valence-corrected chi connectivity index (χ0v) is 20.9. The molecule has 3 heterocycles. The molecule has 1 saturated carbocycles. The zero-order valence-electron chi connectivity index (χ0n) is 20.9. The standard InChI is InChI=1S/C29H37N5O/c1-32(23-12-3-2-4-13-23)22-24-14-7-8-19-33(24)20-9-10-21-34-27-17-6-5-15-25(27)29(35)31-26-16-11-18-30-28(26)34/h5-6,11,15-18,23-24H,2-4,7-8,12-14,19-22H2,1H3,(H,31,35). The number of pyridine rings is 1. The second-order valence-corrected chi connectivity index (χ2v) is 10.1. The van der Waals surface area contributed by atoms with E-state index in [2.05, 4.69) is 43.9 Å². The number of carbonyl (C=O) groups excluding carboxylic acids is 1. The van der Waals surface area contributed by atoms with Crippen LogP contribution in [-0.2, 0) is 0 Å². The third kappa shape index (κ3) is 5.52. The van der Waals surface area contributed by atoms with Crippen LogP contribution in [0.25, 0.3) is 0 Å². The van der Waals surface area contributed by atoms with E-state index in [1.165, 1.54) is 51.4 Å². The summed E-state index contributed by atoms with van der Waals surface area (Å²) < 4.78 is 0. The van der Waals surface area contributed by atoms with E-state index < -0.39 is 0 Å². The normalized spacial score (nSPS) is 20.9. The van der Waals surface area contributed by atoms with Crippen molar-refractivity contribution < 1.29 is 4.79 Å². The molecule has 1 amide bonds. The predicted octanol–water partition coefficient (Wildman–Crippen LogP) is 4.91. The van der Waals surface area contributed by atoms with Crippen LogP contribution in [0.5, 0.6) is 0 Å². The van der Waals surface area contributed by atoms with Gasteiger partial charge < -0.3 is 15.1 Å². The Labute approximate surface area is 209 Å². The van der Waals surface area contributed by atoms with Crippen LogP contribution in [0.15, 0.2) is 42.6 Å². The number of benzene rings is 1. The van der Waals surface area contributed by atoms with E-state index in [0.29, 0.717) is 18.2 Å². The van der Waals surface area contributed by atoms with Crippen molar-refractivity contribution in [2.45, 2.75) is 63.5 Å². The lowest BCUT2D eigenvalue weighted by molar-refractivity contribution is 0.0974. The maximum atomic E-state index is 12.8. The van der Waals surface area contributed by atoms with Crippen molar-refractivity contribution in [3.63, 3.8) is 0 Å². The Morgan fingerprint density at radius 2 is 1.80 bits per heavy atom. The number of nitrogens with one attached hydrogen (secondary N) is 1. The lowest BCUT2D eigenvalue weighted by Crippen LogP contribution is -2.48. The Kier molecular flexibility index (Phi) is 7.66. The summed E-state index contributed by atoms with van der Waals surface area (Å²) in [5.74, 6) is 7.50. The highest BCUT2D eigenvalue weighted by atomic mass is 16.1. The zero-order chi connectivity index (χ0) is 24.0. The van der Waals surface area contributed by atoms with Gasteiger partial charge in [-0.05, 0) is 63.5 Å². The van der Waals surface area contributed by atoms with Crippen LogP contribution in [0.2, 0.25) is 0 Å². The van der Waals surface area contributed by atoms with Gasteiger partial charge in [-0.2, -0.15) is 0 Å². The molecule has 1 unspecified atom stereocenters. The van der Waals surface area contributed by atoms with Gasteiger partial charge in [0.1, 0.15) is 0 Å². The molecule has 1 aliphatic carbocycles. The van der Waals surface area contributed by atoms with Crippen LogP contribution in [-0.4, -0.2) is 66.0 Å². The maximum absolute atomic E-state index is 12.8. The Morgan fingerprint density at radius 1 is 1.00 bits per heavy atom. The van der Waals surface area contributed by atoms with Crippen LogP contribution >= 0.6 is 0 Å². The summed E-state index contributed by atoms with van der Waals surface area (Å²) in [6.45, 7) is 3.57. The van der Waals surface area contributed by atoms with Gasteiger partial charge in [0.25, 0.3) is 5.91 Å². The van der Waals surface area contributed by atoms with E-state index in [9.17, 15) is 4.79 Å². The number of amides is 1. The third-order valence-electron chi connectivity index (χ3n) is 7.82. The Morgan fingerprint density at radius 3 is 2.69 bits per heavy atom. The van der Waals surface area contributed by atoms with Gasteiger partial charge in [-0.25, -0.2) is 4.98 Å². The van der Waals surface area contributed by atoms with Crippen molar-refractivity contribution in [1.82, 2.24) is 14.8 Å². The molecule has 1 aromatic heterocycles. The fraction of sp³-hybridized carbons (Fsp3) is 0.517. The summed E-state index contributed by atoms with van der Waals surface area (Å²) in [4.78, 5) is 24.6. The van der Waals surface area contributed by atoms with Gasteiger partial charge in [-0.1, -0.05) is 49.7 Å². The monoisotopic (exact) mass is 471 g/mol. The molecule has 0 bridgehead atoms. The molecule has 6 nitrogen and oxygen atoms in total. The second kappa shape index (κ2) is 11.2. The first-order valence-electron chi connectivity index (χ1n) is 13.2. The molecule has 5 rings (SSSR count).